The summed E-state index contributed by atoms with van der Waals surface area (Å²) in [5, 5.41) is 3.44. The van der Waals surface area contributed by atoms with Crippen LogP contribution in [0.4, 0.5) is 0 Å². The zero-order chi connectivity index (χ0) is 10.4. The summed E-state index contributed by atoms with van der Waals surface area (Å²) in [7, 11) is 0. The van der Waals surface area contributed by atoms with Crippen LogP contribution in [-0.4, -0.2) is 12.1 Å². The molecule has 1 aromatic rings. The lowest BCUT2D eigenvalue weighted by Crippen LogP contribution is -2.38. The summed E-state index contributed by atoms with van der Waals surface area (Å²) in [6.07, 6.45) is 6.87. The van der Waals surface area contributed by atoms with Gasteiger partial charge in [0, 0.05) is 12.1 Å². The van der Waals surface area contributed by atoms with Gasteiger partial charge in [-0.25, -0.2) is 0 Å². The predicted molar refractivity (Wildman–Crippen MR) is 60.1 cm³/mol. The van der Waals surface area contributed by atoms with Gasteiger partial charge in [-0.3, -0.25) is 0 Å². The molecule has 14 heavy (non-hydrogen) atoms. The van der Waals surface area contributed by atoms with Crippen molar-refractivity contribution in [3.8, 4) is 0 Å². The van der Waals surface area contributed by atoms with E-state index in [0.29, 0.717) is 0 Å². The van der Waals surface area contributed by atoms with Gasteiger partial charge in [-0.1, -0.05) is 13.0 Å². The van der Waals surface area contributed by atoms with Crippen molar-refractivity contribution < 1.29 is 4.42 Å². The van der Waals surface area contributed by atoms with E-state index in [-0.39, 0.29) is 5.54 Å². The van der Waals surface area contributed by atoms with E-state index in [9.17, 15) is 0 Å². The van der Waals surface area contributed by atoms with Gasteiger partial charge in [0.05, 0.1) is 6.26 Å². The Morgan fingerprint density at radius 3 is 2.86 bits per heavy atom. The quantitative estimate of drug-likeness (QED) is 0.777. The molecule has 0 bridgehead atoms. The first-order valence-corrected chi connectivity index (χ1v) is 5.09. The Kier molecular flexibility index (Phi) is 3.96. The standard InChI is InChI=1S/C12H19NO/c1-4-12(2,3)13-9-5-7-11-8-6-10-14-11/h5-8,10,13H,4,9H2,1-3H3/b7-5+. The molecule has 1 N–H and O–H groups in total. The van der Waals surface area contributed by atoms with E-state index in [2.05, 4.69) is 32.2 Å². The summed E-state index contributed by atoms with van der Waals surface area (Å²) < 4.78 is 5.18. The fourth-order valence-electron chi connectivity index (χ4n) is 1.02. The van der Waals surface area contributed by atoms with Crippen LogP contribution in [0.3, 0.4) is 0 Å². The highest BCUT2D eigenvalue weighted by atomic mass is 16.3. The second-order valence-corrected chi connectivity index (χ2v) is 4.04. The second kappa shape index (κ2) is 5.01. The zero-order valence-electron chi connectivity index (χ0n) is 9.21. The Hall–Kier alpha value is -1.02. The van der Waals surface area contributed by atoms with Gasteiger partial charge < -0.3 is 9.73 Å². The molecule has 0 spiro atoms. The van der Waals surface area contributed by atoms with Crippen LogP contribution in [-0.2, 0) is 0 Å². The molecule has 78 valence electrons. The van der Waals surface area contributed by atoms with Crippen LogP contribution in [0, 0.1) is 0 Å². The summed E-state index contributed by atoms with van der Waals surface area (Å²) in [6.45, 7) is 7.46. The third-order valence-electron chi connectivity index (χ3n) is 2.41. The van der Waals surface area contributed by atoms with E-state index >= 15 is 0 Å². The van der Waals surface area contributed by atoms with Gasteiger partial charge in [0.15, 0.2) is 0 Å². The smallest absolute Gasteiger partial charge is 0.126 e. The fraction of sp³-hybridized carbons (Fsp3) is 0.500. The minimum Gasteiger partial charge on any atom is -0.465 e. The van der Waals surface area contributed by atoms with Crippen LogP contribution < -0.4 is 5.32 Å². The lowest BCUT2D eigenvalue weighted by atomic mass is 10.0. The molecule has 0 saturated carbocycles. The zero-order valence-corrected chi connectivity index (χ0v) is 9.21. The third-order valence-corrected chi connectivity index (χ3v) is 2.41. The van der Waals surface area contributed by atoms with Crippen molar-refractivity contribution in [2.24, 2.45) is 0 Å². The first-order valence-electron chi connectivity index (χ1n) is 5.09. The topological polar surface area (TPSA) is 25.2 Å². The average Bonchev–Trinajstić information content (AvgIpc) is 2.65. The van der Waals surface area contributed by atoms with Crippen molar-refractivity contribution in [3.05, 3.63) is 30.2 Å². The van der Waals surface area contributed by atoms with Crippen molar-refractivity contribution in [2.45, 2.75) is 32.7 Å². The molecule has 1 heterocycles. The molecule has 0 unspecified atom stereocenters. The van der Waals surface area contributed by atoms with E-state index in [1.165, 1.54) is 0 Å². The molecule has 0 amide bonds. The van der Waals surface area contributed by atoms with Crippen molar-refractivity contribution in [2.75, 3.05) is 6.54 Å². The SMILES string of the molecule is CCC(C)(C)NC/C=C/c1ccco1. The molecule has 1 aromatic heterocycles. The highest BCUT2D eigenvalue weighted by Crippen LogP contribution is 2.06. The molecule has 1 rings (SSSR count). The fourth-order valence-corrected chi connectivity index (χ4v) is 1.02. The van der Waals surface area contributed by atoms with Crippen LogP contribution in [0.25, 0.3) is 6.08 Å². The van der Waals surface area contributed by atoms with Crippen molar-refractivity contribution in [1.29, 1.82) is 0 Å². The number of hydrogen-bond acceptors (Lipinski definition) is 2. The van der Waals surface area contributed by atoms with Gasteiger partial charge in [-0.2, -0.15) is 0 Å². The van der Waals surface area contributed by atoms with Gasteiger partial charge in [-0.15, -0.1) is 0 Å². The highest BCUT2D eigenvalue weighted by Gasteiger charge is 2.11. The highest BCUT2D eigenvalue weighted by molar-refractivity contribution is 5.42. The van der Waals surface area contributed by atoms with Crippen LogP contribution in [0.5, 0.6) is 0 Å². The molecule has 0 radical (unpaired) electrons. The molecule has 0 atom stereocenters. The van der Waals surface area contributed by atoms with Gasteiger partial charge in [-0.05, 0) is 38.5 Å². The summed E-state index contributed by atoms with van der Waals surface area (Å²) in [5.74, 6) is 0.904. The van der Waals surface area contributed by atoms with E-state index in [1.807, 2.05) is 18.2 Å². The van der Waals surface area contributed by atoms with Crippen LogP contribution in [0.15, 0.2) is 28.9 Å². The van der Waals surface area contributed by atoms with E-state index in [0.717, 1.165) is 18.7 Å². The Balaban J connectivity index is 2.28. The minimum atomic E-state index is 0.216. The third kappa shape index (κ3) is 3.79. The monoisotopic (exact) mass is 193 g/mol. The second-order valence-electron chi connectivity index (χ2n) is 4.04. The lowest BCUT2D eigenvalue weighted by molar-refractivity contribution is 0.395. The van der Waals surface area contributed by atoms with Gasteiger partial charge >= 0.3 is 0 Å². The summed E-state index contributed by atoms with van der Waals surface area (Å²) >= 11 is 0. The maximum Gasteiger partial charge on any atom is 0.126 e. The van der Waals surface area contributed by atoms with Gasteiger partial charge in [0.1, 0.15) is 5.76 Å². The maximum atomic E-state index is 5.18. The number of nitrogens with one attached hydrogen (secondary N) is 1. The molecule has 0 aliphatic rings. The number of rotatable bonds is 5. The van der Waals surface area contributed by atoms with Crippen LogP contribution in [0.1, 0.15) is 33.0 Å². The Bertz CT molecular complexity index is 273. The van der Waals surface area contributed by atoms with Gasteiger partial charge in [0.2, 0.25) is 0 Å². The van der Waals surface area contributed by atoms with Gasteiger partial charge in [0.25, 0.3) is 0 Å². The summed E-state index contributed by atoms with van der Waals surface area (Å²) in [4.78, 5) is 0. The Labute approximate surface area is 86.0 Å². The molecule has 0 aromatic carbocycles. The average molecular weight is 193 g/mol. The first kappa shape index (κ1) is 11.1. The molecule has 0 saturated heterocycles. The first-order chi connectivity index (χ1) is 6.64. The van der Waals surface area contributed by atoms with Crippen molar-refractivity contribution in [3.63, 3.8) is 0 Å². The number of furan rings is 1. The molecule has 0 aliphatic carbocycles. The molecular weight excluding hydrogens is 174 g/mol. The predicted octanol–water partition coefficient (Wildman–Crippen LogP) is 3.07. The van der Waals surface area contributed by atoms with Crippen LogP contribution in [0.2, 0.25) is 0 Å². The molecule has 0 aliphatic heterocycles. The van der Waals surface area contributed by atoms with E-state index < -0.39 is 0 Å². The Morgan fingerprint density at radius 2 is 2.29 bits per heavy atom. The maximum absolute atomic E-state index is 5.18. The van der Waals surface area contributed by atoms with E-state index in [1.54, 1.807) is 6.26 Å². The minimum absolute atomic E-state index is 0.216. The molecule has 2 nitrogen and oxygen atoms in total. The molecule has 0 fully saturated rings. The van der Waals surface area contributed by atoms with E-state index in [4.69, 9.17) is 4.42 Å². The molecule has 2 heteroatoms. The summed E-state index contributed by atoms with van der Waals surface area (Å²) in [5.41, 5.74) is 0.216. The lowest BCUT2D eigenvalue weighted by Gasteiger charge is -2.23. The largest absolute Gasteiger partial charge is 0.465 e. The number of hydrogen-bond donors (Lipinski definition) is 1. The van der Waals surface area contributed by atoms with Crippen molar-refractivity contribution in [1.82, 2.24) is 5.32 Å². The van der Waals surface area contributed by atoms with Crippen LogP contribution >= 0.6 is 0 Å². The summed E-state index contributed by atoms with van der Waals surface area (Å²) in [6, 6.07) is 3.84. The normalized spacial score (nSPS) is 12.5. The molecular formula is C12H19NO. The van der Waals surface area contributed by atoms with Crippen molar-refractivity contribution >= 4 is 6.08 Å². The Morgan fingerprint density at radius 1 is 1.50 bits per heavy atom.